The highest BCUT2D eigenvalue weighted by molar-refractivity contribution is 5.84. The number of hydrogen-bond acceptors (Lipinski definition) is 3. The molecule has 0 radical (unpaired) electrons. The van der Waals surface area contributed by atoms with Gasteiger partial charge in [-0.2, -0.15) is 0 Å². The summed E-state index contributed by atoms with van der Waals surface area (Å²) in [4.78, 5) is 22.8. The van der Waals surface area contributed by atoms with E-state index < -0.39 is 5.97 Å². The number of carbonyl (C=O) groups excluding carboxylic acids is 1. The van der Waals surface area contributed by atoms with E-state index in [1.807, 2.05) is 36.4 Å². The SMILES string of the molecule is O=C(O)CCC(=O)NN1c2ccccc2CCc2ccccc21. The quantitative estimate of drug-likeness (QED) is 0.911. The van der Waals surface area contributed by atoms with Crippen molar-refractivity contribution in [3.8, 4) is 0 Å². The zero-order valence-corrected chi connectivity index (χ0v) is 12.7. The topological polar surface area (TPSA) is 69.6 Å². The van der Waals surface area contributed by atoms with Gasteiger partial charge >= 0.3 is 5.97 Å². The summed E-state index contributed by atoms with van der Waals surface area (Å²) in [6, 6.07) is 15.9. The third-order valence-corrected chi connectivity index (χ3v) is 3.93. The molecule has 0 saturated heterocycles. The van der Waals surface area contributed by atoms with Crippen LogP contribution >= 0.6 is 0 Å². The van der Waals surface area contributed by atoms with Crippen molar-refractivity contribution in [1.82, 2.24) is 5.43 Å². The van der Waals surface area contributed by atoms with Gasteiger partial charge in [0.05, 0.1) is 17.8 Å². The number of hydrazine groups is 1. The number of carbonyl (C=O) groups is 2. The number of fused-ring (bicyclic) bond motifs is 2. The first-order valence-electron chi connectivity index (χ1n) is 7.62. The summed E-state index contributed by atoms with van der Waals surface area (Å²) in [5, 5.41) is 10.5. The molecule has 0 spiro atoms. The van der Waals surface area contributed by atoms with Gasteiger partial charge < -0.3 is 5.11 Å². The smallest absolute Gasteiger partial charge is 0.303 e. The number of aryl methyl sites for hydroxylation is 2. The fourth-order valence-corrected chi connectivity index (χ4v) is 2.80. The molecule has 0 atom stereocenters. The molecule has 1 aliphatic rings. The van der Waals surface area contributed by atoms with E-state index in [9.17, 15) is 9.59 Å². The van der Waals surface area contributed by atoms with Gasteiger partial charge in [0.1, 0.15) is 0 Å². The van der Waals surface area contributed by atoms with Crippen LogP contribution in [0.1, 0.15) is 24.0 Å². The number of amides is 1. The lowest BCUT2D eigenvalue weighted by molar-refractivity contribution is -0.138. The van der Waals surface area contributed by atoms with Crippen molar-refractivity contribution in [3.05, 3.63) is 59.7 Å². The molecular weight excluding hydrogens is 292 g/mol. The first-order valence-corrected chi connectivity index (χ1v) is 7.62. The normalized spacial score (nSPS) is 12.8. The molecule has 0 saturated carbocycles. The lowest BCUT2D eigenvalue weighted by atomic mass is 10.0. The Morgan fingerprint density at radius 1 is 0.913 bits per heavy atom. The van der Waals surface area contributed by atoms with Gasteiger partial charge in [-0.15, -0.1) is 0 Å². The molecule has 2 aromatic carbocycles. The fraction of sp³-hybridized carbons (Fsp3) is 0.222. The molecule has 1 aliphatic heterocycles. The van der Waals surface area contributed by atoms with Gasteiger partial charge in [0.2, 0.25) is 5.91 Å². The second-order valence-corrected chi connectivity index (χ2v) is 5.52. The first kappa shape index (κ1) is 15.1. The number of nitrogens with zero attached hydrogens (tertiary/aromatic N) is 1. The Balaban J connectivity index is 1.93. The highest BCUT2D eigenvalue weighted by Gasteiger charge is 2.21. The van der Waals surface area contributed by atoms with Gasteiger partial charge in [-0.1, -0.05) is 36.4 Å². The number of para-hydroxylation sites is 2. The maximum absolute atomic E-state index is 12.1. The Morgan fingerprint density at radius 3 is 1.96 bits per heavy atom. The highest BCUT2D eigenvalue weighted by atomic mass is 16.4. The molecule has 5 heteroatoms. The number of rotatable bonds is 4. The lowest BCUT2D eigenvalue weighted by Crippen LogP contribution is -2.39. The maximum atomic E-state index is 12.1. The molecule has 0 aliphatic carbocycles. The number of aliphatic carboxylic acids is 1. The Kier molecular flexibility index (Phi) is 4.28. The van der Waals surface area contributed by atoms with Crippen LogP contribution in [0.4, 0.5) is 11.4 Å². The second kappa shape index (κ2) is 6.52. The van der Waals surface area contributed by atoms with Crippen LogP contribution in [0.5, 0.6) is 0 Å². The van der Waals surface area contributed by atoms with Crippen LogP contribution in [0, 0.1) is 0 Å². The molecular formula is C18H18N2O3. The second-order valence-electron chi connectivity index (χ2n) is 5.52. The van der Waals surface area contributed by atoms with E-state index in [-0.39, 0.29) is 18.7 Å². The average molecular weight is 310 g/mol. The van der Waals surface area contributed by atoms with Crippen LogP contribution in [0.15, 0.2) is 48.5 Å². The maximum Gasteiger partial charge on any atom is 0.303 e. The van der Waals surface area contributed by atoms with Gasteiger partial charge in [0, 0.05) is 6.42 Å². The van der Waals surface area contributed by atoms with Crippen LogP contribution < -0.4 is 10.4 Å². The molecule has 0 unspecified atom stereocenters. The van der Waals surface area contributed by atoms with Crippen LogP contribution in [0.25, 0.3) is 0 Å². The Morgan fingerprint density at radius 2 is 1.43 bits per heavy atom. The Hall–Kier alpha value is -2.82. The highest BCUT2D eigenvalue weighted by Crippen LogP contribution is 2.34. The molecule has 2 aromatic rings. The van der Waals surface area contributed by atoms with Crippen molar-refractivity contribution in [1.29, 1.82) is 0 Å². The molecule has 3 rings (SSSR count). The van der Waals surface area contributed by atoms with E-state index in [1.54, 1.807) is 5.01 Å². The van der Waals surface area contributed by atoms with Crippen LogP contribution in [-0.4, -0.2) is 17.0 Å². The van der Waals surface area contributed by atoms with E-state index in [1.165, 1.54) is 0 Å². The zero-order chi connectivity index (χ0) is 16.2. The number of carboxylic acids is 1. The molecule has 2 N–H and O–H groups in total. The predicted octanol–water partition coefficient (Wildman–Crippen LogP) is 2.82. The molecule has 1 heterocycles. The van der Waals surface area contributed by atoms with Crippen LogP contribution in [-0.2, 0) is 22.4 Å². The molecule has 23 heavy (non-hydrogen) atoms. The molecule has 5 nitrogen and oxygen atoms in total. The van der Waals surface area contributed by atoms with Crippen LogP contribution in [0.2, 0.25) is 0 Å². The molecule has 0 fully saturated rings. The minimum atomic E-state index is -0.975. The Bertz CT molecular complexity index is 695. The van der Waals surface area contributed by atoms with E-state index in [0.717, 1.165) is 35.3 Å². The van der Waals surface area contributed by atoms with Crippen molar-refractivity contribution in [3.63, 3.8) is 0 Å². The molecule has 0 aromatic heterocycles. The van der Waals surface area contributed by atoms with E-state index >= 15 is 0 Å². The number of benzene rings is 2. The summed E-state index contributed by atoms with van der Waals surface area (Å²) in [5.74, 6) is -1.28. The van der Waals surface area contributed by atoms with Crippen molar-refractivity contribution in [2.75, 3.05) is 5.01 Å². The number of hydrogen-bond donors (Lipinski definition) is 2. The lowest BCUT2D eigenvalue weighted by Gasteiger charge is -2.27. The van der Waals surface area contributed by atoms with Gasteiger partial charge in [0.15, 0.2) is 0 Å². The van der Waals surface area contributed by atoms with Gasteiger partial charge in [0.25, 0.3) is 0 Å². The first-order chi connectivity index (χ1) is 11.1. The summed E-state index contributed by atoms with van der Waals surface area (Å²) in [5.41, 5.74) is 7.03. The third-order valence-electron chi connectivity index (χ3n) is 3.93. The summed E-state index contributed by atoms with van der Waals surface area (Å²) in [6.07, 6.45) is 1.57. The zero-order valence-electron chi connectivity index (χ0n) is 12.7. The standard InChI is InChI=1S/C18H18N2O3/c21-17(11-12-18(22)23)19-20-15-7-3-1-5-13(15)9-10-14-6-2-4-8-16(14)20/h1-8H,9-12H2,(H,19,21)(H,22,23). The number of nitrogens with one attached hydrogen (secondary N) is 1. The average Bonchev–Trinajstić information content (AvgIpc) is 2.71. The molecule has 1 amide bonds. The number of anilines is 2. The molecule has 118 valence electrons. The van der Waals surface area contributed by atoms with Crippen molar-refractivity contribution in [2.45, 2.75) is 25.7 Å². The van der Waals surface area contributed by atoms with Crippen LogP contribution in [0.3, 0.4) is 0 Å². The third kappa shape index (κ3) is 3.34. The minimum absolute atomic E-state index is 0.0455. The van der Waals surface area contributed by atoms with Crippen molar-refractivity contribution < 1.29 is 14.7 Å². The Labute approximate surface area is 134 Å². The summed E-state index contributed by atoms with van der Waals surface area (Å²) in [7, 11) is 0. The monoisotopic (exact) mass is 310 g/mol. The van der Waals surface area contributed by atoms with E-state index in [0.29, 0.717) is 0 Å². The van der Waals surface area contributed by atoms with E-state index in [4.69, 9.17) is 5.11 Å². The minimum Gasteiger partial charge on any atom is -0.481 e. The largest absolute Gasteiger partial charge is 0.481 e. The molecule has 0 bridgehead atoms. The fourth-order valence-electron chi connectivity index (χ4n) is 2.80. The van der Waals surface area contributed by atoms with Gasteiger partial charge in [-0.05, 0) is 36.1 Å². The van der Waals surface area contributed by atoms with Crippen molar-refractivity contribution >= 4 is 23.3 Å². The predicted molar refractivity (Wildman–Crippen MR) is 87.4 cm³/mol. The summed E-state index contributed by atoms with van der Waals surface area (Å²) >= 11 is 0. The van der Waals surface area contributed by atoms with E-state index in [2.05, 4.69) is 17.6 Å². The van der Waals surface area contributed by atoms with Gasteiger partial charge in [-0.3, -0.25) is 20.0 Å². The summed E-state index contributed by atoms with van der Waals surface area (Å²) < 4.78 is 0. The number of carboxylic acid groups (broad SMARTS) is 1. The van der Waals surface area contributed by atoms with Gasteiger partial charge in [-0.25, -0.2) is 0 Å². The van der Waals surface area contributed by atoms with Crippen molar-refractivity contribution in [2.24, 2.45) is 0 Å². The summed E-state index contributed by atoms with van der Waals surface area (Å²) in [6.45, 7) is 0.